The number of rotatable bonds is 1. The molecule has 1 aromatic carbocycles. The molecule has 15 heavy (non-hydrogen) atoms. The summed E-state index contributed by atoms with van der Waals surface area (Å²) in [5.74, 6) is -0.104. The van der Waals surface area contributed by atoms with Crippen molar-refractivity contribution in [2.24, 2.45) is 5.73 Å². The number of hydrogen-bond donors (Lipinski definition) is 1. The van der Waals surface area contributed by atoms with Crippen molar-refractivity contribution in [2.45, 2.75) is 24.6 Å². The molecule has 0 saturated heterocycles. The SMILES string of the molecule is Cl.NC1CC1c1ccccc1C(F)(F)F. The zero-order chi connectivity index (χ0) is 10.3. The first-order valence-electron chi connectivity index (χ1n) is 4.42. The Bertz CT molecular complexity index is 351. The quantitative estimate of drug-likeness (QED) is 0.799. The second-order valence-corrected chi connectivity index (χ2v) is 3.59. The molecule has 1 aliphatic carbocycles. The second kappa shape index (κ2) is 4.02. The molecule has 1 nitrogen and oxygen atoms in total. The van der Waals surface area contributed by atoms with Crippen molar-refractivity contribution in [3.63, 3.8) is 0 Å². The molecule has 0 aliphatic heterocycles. The minimum atomic E-state index is -4.26. The van der Waals surface area contributed by atoms with Crippen molar-refractivity contribution < 1.29 is 13.2 Å². The van der Waals surface area contributed by atoms with Crippen LogP contribution in [-0.2, 0) is 6.18 Å². The van der Waals surface area contributed by atoms with Crippen molar-refractivity contribution in [1.29, 1.82) is 0 Å². The van der Waals surface area contributed by atoms with Crippen LogP contribution in [0.2, 0.25) is 0 Å². The molecular formula is C10H11ClF3N. The number of halogens is 4. The van der Waals surface area contributed by atoms with Gasteiger partial charge in [0.05, 0.1) is 5.56 Å². The Hall–Kier alpha value is -0.740. The molecule has 0 heterocycles. The molecule has 1 aromatic rings. The van der Waals surface area contributed by atoms with Crippen molar-refractivity contribution in [3.8, 4) is 0 Å². The summed E-state index contributed by atoms with van der Waals surface area (Å²) < 4.78 is 37.6. The van der Waals surface area contributed by atoms with Crippen molar-refractivity contribution in [3.05, 3.63) is 35.4 Å². The van der Waals surface area contributed by atoms with E-state index in [0.29, 0.717) is 12.0 Å². The van der Waals surface area contributed by atoms with Crippen LogP contribution in [0.3, 0.4) is 0 Å². The second-order valence-electron chi connectivity index (χ2n) is 3.59. The van der Waals surface area contributed by atoms with Crippen molar-refractivity contribution >= 4 is 12.4 Å². The maximum atomic E-state index is 12.5. The molecular weight excluding hydrogens is 227 g/mol. The van der Waals surface area contributed by atoms with Gasteiger partial charge in [0.25, 0.3) is 0 Å². The van der Waals surface area contributed by atoms with Gasteiger partial charge in [-0.3, -0.25) is 0 Å². The molecule has 0 aromatic heterocycles. The van der Waals surface area contributed by atoms with Crippen LogP contribution in [0.4, 0.5) is 13.2 Å². The van der Waals surface area contributed by atoms with E-state index >= 15 is 0 Å². The molecule has 1 aliphatic rings. The first-order chi connectivity index (χ1) is 6.50. The smallest absolute Gasteiger partial charge is 0.327 e. The minimum absolute atomic E-state index is 0. The van der Waals surface area contributed by atoms with Gasteiger partial charge in [-0.1, -0.05) is 18.2 Å². The molecule has 0 spiro atoms. The number of hydrogen-bond acceptors (Lipinski definition) is 1. The zero-order valence-electron chi connectivity index (χ0n) is 7.79. The molecule has 0 bridgehead atoms. The van der Waals surface area contributed by atoms with Gasteiger partial charge in [0.15, 0.2) is 0 Å². The summed E-state index contributed by atoms with van der Waals surface area (Å²) in [6.45, 7) is 0. The van der Waals surface area contributed by atoms with Gasteiger partial charge in [-0.05, 0) is 18.1 Å². The highest BCUT2D eigenvalue weighted by Crippen LogP contribution is 2.44. The van der Waals surface area contributed by atoms with E-state index in [1.807, 2.05) is 0 Å². The van der Waals surface area contributed by atoms with Crippen LogP contribution < -0.4 is 5.73 Å². The summed E-state index contributed by atoms with van der Waals surface area (Å²) in [4.78, 5) is 0. The molecule has 0 radical (unpaired) electrons. The fourth-order valence-corrected chi connectivity index (χ4v) is 1.65. The van der Waals surface area contributed by atoms with Crippen LogP contribution in [0.25, 0.3) is 0 Å². The highest BCUT2D eigenvalue weighted by Gasteiger charge is 2.42. The molecule has 2 N–H and O–H groups in total. The first-order valence-corrected chi connectivity index (χ1v) is 4.42. The number of alkyl halides is 3. The normalized spacial score (nSPS) is 24.5. The molecule has 1 fully saturated rings. The van der Waals surface area contributed by atoms with E-state index in [0.717, 1.165) is 6.07 Å². The summed E-state index contributed by atoms with van der Waals surface area (Å²) in [6.07, 6.45) is -3.61. The van der Waals surface area contributed by atoms with Gasteiger partial charge in [-0.2, -0.15) is 13.2 Å². The summed E-state index contributed by atoms with van der Waals surface area (Å²) >= 11 is 0. The molecule has 1 saturated carbocycles. The van der Waals surface area contributed by atoms with Gasteiger partial charge >= 0.3 is 6.18 Å². The number of benzene rings is 1. The van der Waals surface area contributed by atoms with E-state index in [4.69, 9.17) is 5.73 Å². The van der Waals surface area contributed by atoms with Crippen molar-refractivity contribution in [1.82, 2.24) is 0 Å². The van der Waals surface area contributed by atoms with Crippen LogP contribution in [-0.4, -0.2) is 6.04 Å². The lowest BCUT2D eigenvalue weighted by molar-refractivity contribution is -0.138. The Balaban J connectivity index is 0.00000112. The lowest BCUT2D eigenvalue weighted by atomic mass is 10.0. The fourth-order valence-electron chi connectivity index (χ4n) is 1.65. The summed E-state index contributed by atoms with van der Waals surface area (Å²) in [5.41, 5.74) is 5.34. The Morgan fingerprint density at radius 3 is 2.20 bits per heavy atom. The maximum absolute atomic E-state index is 12.5. The predicted molar refractivity (Wildman–Crippen MR) is 54.0 cm³/mol. The van der Waals surface area contributed by atoms with Gasteiger partial charge in [0.2, 0.25) is 0 Å². The minimum Gasteiger partial charge on any atom is -0.327 e. The first kappa shape index (κ1) is 12.3. The molecule has 0 amide bonds. The zero-order valence-corrected chi connectivity index (χ0v) is 8.61. The predicted octanol–water partition coefficient (Wildman–Crippen LogP) is 2.94. The van der Waals surface area contributed by atoms with Crippen LogP contribution in [0.15, 0.2) is 24.3 Å². The Kier molecular flexibility index (Phi) is 3.31. The highest BCUT2D eigenvalue weighted by molar-refractivity contribution is 5.85. The lowest BCUT2D eigenvalue weighted by Gasteiger charge is -2.11. The maximum Gasteiger partial charge on any atom is 0.416 e. The van der Waals surface area contributed by atoms with E-state index < -0.39 is 11.7 Å². The summed E-state index contributed by atoms with van der Waals surface area (Å²) in [6, 6.07) is 5.55. The van der Waals surface area contributed by atoms with Crippen LogP contribution in [0.5, 0.6) is 0 Å². The van der Waals surface area contributed by atoms with Gasteiger partial charge in [0.1, 0.15) is 0 Å². The van der Waals surface area contributed by atoms with E-state index in [1.165, 1.54) is 12.1 Å². The average Bonchev–Trinajstić information content (AvgIpc) is 2.81. The van der Waals surface area contributed by atoms with Gasteiger partial charge in [-0.15, -0.1) is 12.4 Å². The third-order valence-corrected chi connectivity index (χ3v) is 2.51. The molecule has 5 heteroatoms. The Labute approximate surface area is 91.9 Å². The largest absolute Gasteiger partial charge is 0.416 e. The fraction of sp³-hybridized carbons (Fsp3) is 0.400. The highest BCUT2D eigenvalue weighted by atomic mass is 35.5. The third-order valence-electron chi connectivity index (χ3n) is 2.51. The van der Waals surface area contributed by atoms with E-state index in [2.05, 4.69) is 0 Å². The van der Waals surface area contributed by atoms with E-state index in [9.17, 15) is 13.2 Å². The van der Waals surface area contributed by atoms with Crippen LogP contribution in [0, 0.1) is 0 Å². The summed E-state index contributed by atoms with van der Waals surface area (Å²) in [5, 5.41) is 0. The third kappa shape index (κ3) is 2.44. The van der Waals surface area contributed by atoms with Crippen LogP contribution >= 0.6 is 12.4 Å². The van der Waals surface area contributed by atoms with E-state index in [-0.39, 0.29) is 24.4 Å². The summed E-state index contributed by atoms with van der Waals surface area (Å²) in [7, 11) is 0. The topological polar surface area (TPSA) is 26.0 Å². The van der Waals surface area contributed by atoms with Crippen molar-refractivity contribution in [2.75, 3.05) is 0 Å². The Morgan fingerprint density at radius 1 is 1.20 bits per heavy atom. The van der Waals surface area contributed by atoms with E-state index in [1.54, 1.807) is 6.07 Å². The molecule has 84 valence electrons. The van der Waals surface area contributed by atoms with Gasteiger partial charge in [0, 0.05) is 12.0 Å². The van der Waals surface area contributed by atoms with Gasteiger partial charge < -0.3 is 5.73 Å². The van der Waals surface area contributed by atoms with Crippen LogP contribution in [0.1, 0.15) is 23.5 Å². The Morgan fingerprint density at radius 2 is 1.73 bits per heavy atom. The van der Waals surface area contributed by atoms with Gasteiger partial charge in [-0.25, -0.2) is 0 Å². The molecule has 2 rings (SSSR count). The number of nitrogens with two attached hydrogens (primary N) is 1. The standard InChI is InChI=1S/C10H10F3N.ClH/c11-10(12,13)8-4-2-1-3-6(8)7-5-9(7)14;/h1-4,7,9H,5,14H2;1H. The lowest BCUT2D eigenvalue weighted by Crippen LogP contribution is -2.10. The molecule has 2 unspecified atom stereocenters. The monoisotopic (exact) mass is 237 g/mol. The average molecular weight is 238 g/mol. The molecule has 2 atom stereocenters.